The highest BCUT2D eigenvalue weighted by atomic mass is 15.2. The summed E-state index contributed by atoms with van der Waals surface area (Å²) in [6.07, 6.45) is 2.53. The van der Waals surface area contributed by atoms with Crippen LogP contribution in [-0.4, -0.2) is 29.2 Å². The molecule has 102 valence electrons. The number of piperidine rings is 1. The maximum Gasteiger partial charge on any atom is 0.203 e. The molecule has 4 heteroatoms. The first-order valence-electron chi connectivity index (χ1n) is 7.28. The van der Waals surface area contributed by atoms with Gasteiger partial charge in [-0.05, 0) is 50.9 Å². The Morgan fingerprint density at radius 3 is 2.89 bits per heavy atom. The molecule has 0 amide bonds. The fourth-order valence-corrected chi connectivity index (χ4v) is 2.85. The van der Waals surface area contributed by atoms with Crippen LogP contribution in [-0.2, 0) is 6.54 Å². The maximum atomic E-state index is 4.70. The number of benzene rings is 1. The van der Waals surface area contributed by atoms with Crippen molar-refractivity contribution in [2.24, 2.45) is 5.92 Å². The van der Waals surface area contributed by atoms with E-state index in [1.54, 1.807) is 0 Å². The van der Waals surface area contributed by atoms with Crippen molar-refractivity contribution in [2.45, 2.75) is 26.3 Å². The second-order valence-corrected chi connectivity index (χ2v) is 5.24. The predicted molar refractivity (Wildman–Crippen MR) is 79.5 cm³/mol. The average molecular weight is 258 g/mol. The Kier molecular flexibility index (Phi) is 3.69. The number of aromatic nitrogens is 2. The molecule has 0 unspecified atom stereocenters. The van der Waals surface area contributed by atoms with E-state index in [1.807, 2.05) is 6.07 Å². The lowest BCUT2D eigenvalue weighted by Gasteiger charge is -2.23. The lowest BCUT2D eigenvalue weighted by atomic mass is 9.98. The quantitative estimate of drug-likeness (QED) is 0.885. The summed E-state index contributed by atoms with van der Waals surface area (Å²) >= 11 is 0. The molecule has 2 N–H and O–H groups in total. The number of aryl methyl sites for hydroxylation is 1. The summed E-state index contributed by atoms with van der Waals surface area (Å²) in [5.41, 5.74) is 2.30. The third-order valence-electron chi connectivity index (χ3n) is 3.98. The number of nitrogens with one attached hydrogen (secondary N) is 2. The molecule has 0 spiro atoms. The summed E-state index contributed by atoms with van der Waals surface area (Å²) in [5, 5.41) is 6.96. The second-order valence-electron chi connectivity index (χ2n) is 5.24. The van der Waals surface area contributed by atoms with E-state index in [0.717, 1.165) is 43.6 Å². The van der Waals surface area contributed by atoms with E-state index in [2.05, 4.69) is 40.3 Å². The van der Waals surface area contributed by atoms with Crippen LogP contribution in [0.1, 0.15) is 19.8 Å². The second kappa shape index (κ2) is 5.61. The van der Waals surface area contributed by atoms with Crippen LogP contribution < -0.4 is 10.6 Å². The Hall–Kier alpha value is -1.55. The normalized spacial score (nSPS) is 16.9. The van der Waals surface area contributed by atoms with Crippen LogP contribution in [0.25, 0.3) is 11.0 Å². The standard InChI is InChI=1S/C15H22N4/c1-2-19-14-6-4-3-5-13(14)18-15(19)17-11-12-7-9-16-10-8-12/h3-6,12,16H,2,7-11H2,1H3,(H,17,18). The Morgan fingerprint density at radius 1 is 1.32 bits per heavy atom. The highest BCUT2D eigenvalue weighted by molar-refractivity contribution is 5.78. The predicted octanol–water partition coefficient (Wildman–Crippen LogP) is 2.47. The van der Waals surface area contributed by atoms with E-state index >= 15 is 0 Å². The van der Waals surface area contributed by atoms with Gasteiger partial charge in [-0.1, -0.05) is 12.1 Å². The van der Waals surface area contributed by atoms with Crippen molar-refractivity contribution in [1.82, 2.24) is 14.9 Å². The van der Waals surface area contributed by atoms with Crippen LogP contribution in [0.3, 0.4) is 0 Å². The minimum Gasteiger partial charge on any atom is -0.355 e. The van der Waals surface area contributed by atoms with Crippen molar-refractivity contribution in [2.75, 3.05) is 25.0 Å². The lowest BCUT2D eigenvalue weighted by molar-refractivity contribution is 0.389. The molecule has 1 fully saturated rings. The molecule has 2 heterocycles. The van der Waals surface area contributed by atoms with Crippen LogP contribution in [0.2, 0.25) is 0 Å². The van der Waals surface area contributed by atoms with Crippen molar-refractivity contribution >= 4 is 17.0 Å². The van der Waals surface area contributed by atoms with Gasteiger partial charge in [-0.25, -0.2) is 4.98 Å². The monoisotopic (exact) mass is 258 g/mol. The van der Waals surface area contributed by atoms with Crippen LogP contribution in [0.5, 0.6) is 0 Å². The summed E-state index contributed by atoms with van der Waals surface area (Å²) < 4.78 is 2.26. The van der Waals surface area contributed by atoms with Gasteiger partial charge in [0.2, 0.25) is 5.95 Å². The fraction of sp³-hybridized carbons (Fsp3) is 0.533. The number of rotatable bonds is 4. The van der Waals surface area contributed by atoms with Gasteiger partial charge in [0.15, 0.2) is 0 Å². The molecule has 0 aliphatic carbocycles. The molecule has 3 rings (SSSR count). The molecule has 0 atom stereocenters. The minimum atomic E-state index is 0.770. The Labute approximate surface area is 114 Å². The van der Waals surface area contributed by atoms with E-state index in [0.29, 0.717) is 0 Å². The van der Waals surface area contributed by atoms with Crippen LogP contribution in [0.15, 0.2) is 24.3 Å². The van der Waals surface area contributed by atoms with Gasteiger partial charge < -0.3 is 15.2 Å². The van der Waals surface area contributed by atoms with Crippen LogP contribution >= 0.6 is 0 Å². The fourth-order valence-electron chi connectivity index (χ4n) is 2.85. The molecule has 2 aromatic rings. The molecular weight excluding hydrogens is 236 g/mol. The van der Waals surface area contributed by atoms with E-state index in [9.17, 15) is 0 Å². The highest BCUT2D eigenvalue weighted by Crippen LogP contribution is 2.20. The molecule has 1 aromatic carbocycles. The lowest BCUT2D eigenvalue weighted by Crippen LogP contribution is -2.31. The van der Waals surface area contributed by atoms with E-state index in [4.69, 9.17) is 4.98 Å². The zero-order valence-corrected chi connectivity index (χ0v) is 11.5. The number of imidazole rings is 1. The first-order chi connectivity index (χ1) is 9.38. The smallest absolute Gasteiger partial charge is 0.203 e. The molecule has 1 aromatic heterocycles. The number of hydrogen-bond acceptors (Lipinski definition) is 3. The molecule has 1 aliphatic heterocycles. The van der Waals surface area contributed by atoms with Gasteiger partial charge in [-0.2, -0.15) is 0 Å². The Morgan fingerprint density at radius 2 is 2.11 bits per heavy atom. The van der Waals surface area contributed by atoms with Gasteiger partial charge in [-0.15, -0.1) is 0 Å². The third kappa shape index (κ3) is 2.59. The van der Waals surface area contributed by atoms with Crippen molar-refractivity contribution in [3.8, 4) is 0 Å². The summed E-state index contributed by atoms with van der Waals surface area (Å²) in [6, 6.07) is 8.34. The molecule has 1 aliphatic rings. The zero-order chi connectivity index (χ0) is 13.1. The molecular formula is C15H22N4. The molecule has 0 radical (unpaired) electrons. The van der Waals surface area contributed by atoms with E-state index in [-0.39, 0.29) is 0 Å². The number of fused-ring (bicyclic) bond motifs is 1. The molecule has 1 saturated heterocycles. The first kappa shape index (κ1) is 12.5. The van der Waals surface area contributed by atoms with Crippen molar-refractivity contribution in [3.63, 3.8) is 0 Å². The largest absolute Gasteiger partial charge is 0.355 e. The Balaban J connectivity index is 1.76. The van der Waals surface area contributed by atoms with E-state index in [1.165, 1.54) is 18.4 Å². The van der Waals surface area contributed by atoms with Crippen molar-refractivity contribution in [3.05, 3.63) is 24.3 Å². The van der Waals surface area contributed by atoms with Gasteiger partial charge in [0, 0.05) is 13.1 Å². The zero-order valence-electron chi connectivity index (χ0n) is 11.5. The average Bonchev–Trinajstić information content (AvgIpc) is 2.83. The Bertz CT molecular complexity index is 540. The summed E-state index contributed by atoms with van der Waals surface area (Å²) in [7, 11) is 0. The van der Waals surface area contributed by atoms with Crippen LogP contribution in [0, 0.1) is 5.92 Å². The summed E-state index contributed by atoms with van der Waals surface area (Å²) in [5.74, 6) is 1.79. The number of nitrogens with zero attached hydrogens (tertiary/aromatic N) is 2. The van der Waals surface area contributed by atoms with Crippen molar-refractivity contribution < 1.29 is 0 Å². The third-order valence-corrected chi connectivity index (χ3v) is 3.98. The van der Waals surface area contributed by atoms with Gasteiger partial charge in [0.05, 0.1) is 11.0 Å². The molecule has 19 heavy (non-hydrogen) atoms. The number of para-hydroxylation sites is 2. The highest BCUT2D eigenvalue weighted by Gasteiger charge is 2.14. The van der Waals surface area contributed by atoms with Gasteiger partial charge in [-0.3, -0.25) is 0 Å². The SMILES string of the molecule is CCn1c(NCC2CCNCC2)nc2ccccc21. The first-order valence-corrected chi connectivity index (χ1v) is 7.28. The number of anilines is 1. The summed E-state index contributed by atoms with van der Waals surface area (Å²) in [4.78, 5) is 4.70. The molecule has 0 saturated carbocycles. The summed E-state index contributed by atoms with van der Waals surface area (Å²) in [6.45, 7) is 6.46. The minimum absolute atomic E-state index is 0.770. The van der Waals surface area contributed by atoms with Gasteiger partial charge in [0.25, 0.3) is 0 Å². The topological polar surface area (TPSA) is 41.9 Å². The van der Waals surface area contributed by atoms with E-state index < -0.39 is 0 Å². The van der Waals surface area contributed by atoms with Gasteiger partial charge in [0.1, 0.15) is 0 Å². The van der Waals surface area contributed by atoms with Crippen LogP contribution in [0.4, 0.5) is 5.95 Å². The van der Waals surface area contributed by atoms with Crippen molar-refractivity contribution in [1.29, 1.82) is 0 Å². The number of hydrogen-bond donors (Lipinski definition) is 2. The molecule has 0 bridgehead atoms. The maximum absolute atomic E-state index is 4.70. The molecule has 4 nitrogen and oxygen atoms in total. The van der Waals surface area contributed by atoms with Gasteiger partial charge >= 0.3 is 0 Å².